The average molecular weight is 566 g/mol. The second-order valence-corrected chi connectivity index (χ2v) is 12.2. The zero-order valence-corrected chi connectivity index (χ0v) is 23.9. The first-order valence-corrected chi connectivity index (χ1v) is 14.6. The van der Waals surface area contributed by atoms with Crippen LogP contribution < -0.4 is 4.74 Å². The van der Waals surface area contributed by atoms with Gasteiger partial charge in [0.15, 0.2) is 0 Å². The first-order valence-electron chi connectivity index (χ1n) is 14.6. The van der Waals surface area contributed by atoms with Gasteiger partial charge in [0.25, 0.3) is 0 Å². The highest BCUT2D eigenvalue weighted by Crippen LogP contribution is 2.62. The third-order valence-corrected chi connectivity index (χ3v) is 9.43. The number of halogens is 1. The Bertz CT molecular complexity index is 1200. The van der Waals surface area contributed by atoms with Gasteiger partial charge in [-0.3, -0.25) is 9.69 Å². The minimum atomic E-state index is -0.953. The molecule has 4 bridgehead atoms. The van der Waals surface area contributed by atoms with Gasteiger partial charge in [-0.25, -0.2) is 4.79 Å². The Morgan fingerprint density at radius 1 is 0.950 bits per heavy atom. The van der Waals surface area contributed by atoms with Crippen LogP contribution in [0.25, 0.3) is 17.2 Å². The smallest absolute Gasteiger partial charge is 0.328 e. The summed E-state index contributed by atoms with van der Waals surface area (Å²) in [6.45, 7) is 4.31. The fraction of sp³-hybridized carbons (Fsp3) is 0.515. The largest absolute Gasteiger partial charge is 0.478 e. The molecule has 6 nitrogen and oxygen atoms in total. The average Bonchev–Trinajstić information content (AvgIpc) is 2.92. The molecule has 0 radical (unpaired) electrons. The molecule has 7 heteroatoms. The fourth-order valence-electron chi connectivity index (χ4n) is 8.05. The predicted molar refractivity (Wildman–Crippen MR) is 158 cm³/mol. The van der Waals surface area contributed by atoms with Crippen LogP contribution in [-0.4, -0.2) is 54.8 Å². The Hall–Kier alpha value is -2.67. The molecule has 1 saturated heterocycles. The summed E-state index contributed by atoms with van der Waals surface area (Å²) >= 11 is 0. The fourth-order valence-corrected chi connectivity index (χ4v) is 8.05. The summed E-state index contributed by atoms with van der Waals surface area (Å²) in [5.41, 5.74) is 4.36. The van der Waals surface area contributed by atoms with E-state index < -0.39 is 5.97 Å². The van der Waals surface area contributed by atoms with Gasteiger partial charge in [0.1, 0.15) is 5.75 Å². The number of aliphatic carboxylic acids is 1. The topological polar surface area (TPSA) is 76.1 Å². The van der Waals surface area contributed by atoms with Crippen molar-refractivity contribution >= 4 is 30.4 Å². The molecule has 0 aromatic heterocycles. The van der Waals surface area contributed by atoms with E-state index in [1.807, 2.05) is 30.3 Å². The lowest BCUT2D eigenvalue weighted by atomic mass is 9.48. The van der Waals surface area contributed by atoms with Crippen molar-refractivity contribution in [1.29, 1.82) is 0 Å². The summed E-state index contributed by atoms with van der Waals surface area (Å²) in [5, 5.41) is 8.92. The molecule has 5 aliphatic rings. The van der Waals surface area contributed by atoms with Gasteiger partial charge in [-0.1, -0.05) is 30.3 Å². The van der Waals surface area contributed by atoms with Crippen molar-refractivity contribution in [3.05, 3.63) is 59.7 Å². The molecule has 7 rings (SSSR count). The zero-order chi connectivity index (χ0) is 26.8. The summed E-state index contributed by atoms with van der Waals surface area (Å²) in [6.07, 6.45) is 11.7. The first kappa shape index (κ1) is 28.8. The van der Waals surface area contributed by atoms with E-state index in [2.05, 4.69) is 17.0 Å². The predicted octanol–water partition coefficient (Wildman–Crippen LogP) is 6.36. The van der Waals surface area contributed by atoms with Crippen molar-refractivity contribution in [3.63, 3.8) is 0 Å². The number of hydrogen-bond donors (Lipinski definition) is 1. The Balaban J connectivity index is 0.00000323. The molecule has 214 valence electrons. The summed E-state index contributed by atoms with van der Waals surface area (Å²) in [6, 6.07) is 14.3. The van der Waals surface area contributed by atoms with Crippen molar-refractivity contribution in [2.24, 2.45) is 17.8 Å². The van der Waals surface area contributed by atoms with Crippen LogP contribution in [-0.2, 0) is 19.7 Å². The number of esters is 1. The summed E-state index contributed by atoms with van der Waals surface area (Å²) in [5.74, 6) is 2.02. The normalized spacial score (nSPS) is 27.4. The molecule has 1 N–H and O–H groups in total. The second kappa shape index (κ2) is 12.5. The number of benzene rings is 2. The Labute approximate surface area is 243 Å². The van der Waals surface area contributed by atoms with Crippen LogP contribution in [0.2, 0.25) is 0 Å². The maximum Gasteiger partial charge on any atom is 0.328 e. The molecule has 1 aliphatic heterocycles. The number of hydrogen-bond acceptors (Lipinski definition) is 5. The maximum absolute atomic E-state index is 13.0. The molecule has 4 aliphatic carbocycles. The quantitative estimate of drug-likeness (QED) is 0.217. The van der Waals surface area contributed by atoms with Crippen molar-refractivity contribution < 1.29 is 24.2 Å². The Morgan fingerprint density at radius 2 is 1.57 bits per heavy atom. The highest BCUT2D eigenvalue weighted by atomic mass is 35.5. The number of carbonyl (C=O) groups excluding carboxylic acids is 1. The molecule has 2 aromatic rings. The van der Waals surface area contributed by atoms with Gasteiger partial charge in [0, 0.05) is 31.1 Å². The van der Waals surface area contributed by atoms with Crippen LogP contribution in [0.4, 0.5) is 0 Å². The van der Waals surface area contributed by atoms with Crippen LogP contribution in [0.5, 0.6) is 5.75 Å². The number of carboxylic acid groups (broad SMARTS) is 1. The number of nitrogens with zero attached hydrogens (tertiary/aromatic N) is 1. The lowest BCUT2D eigenvalue weighted by Crippen LogP contribution is -2.48. The van der Waals surface area contributed by atoms with E-state index in [1.54, 1.807) is 6.08 Å². The molecular weight excluding hydrogens is 526 g/mol. The van der Waals surface area contributed by atoms with Crippen molar-refractivity contribution in [1.82, 2.24) is 4.90 Å². The number of ether oxygens (including phenoxy) is 2. The summed E-state index contributed by atoms with van der Waals surface area (Å²) < 4.78 is 11.6. The molecule has 0 atom stereocenters. The van der Waals surface area contributed by atoms with E-state index in [9.17, 15) is 9.59 Å². The minimum absolute atomic E-state index is 0. The van der Waals surface area contributed by atoms with Crippen molar-refractivity contribution in [2.75, 3.05) is 32.8 Å². The van der Waals surface area contributed by atoms with E-state index in [0.29, 0.717) is 6.42 Å². The highest BCUT2D eigenvalue weighted by Gasteiger charge is 2.52. The van der Waals surface area contributed by atoms with E-state index >= 15 is 0 Å². The van der Waals surface area contributed by atoms with Crippen LogP contribution in [0, 0.1) is 17.8 Å². The maximum atomic E-state index is 13.0. The van der Waals surface area contributed by atoms with E-state index in [4.69, 9.17) is 14.6 Å². The second-order valence-electron chi connectivity index (χ2n) is 12.2. The van der Waals surface area contributed by atoms with Gasteiger partial charge in [-0.2, -0.15) is 0 Å². The lowest BCUT2D eigenvalue weighted by molar-refractivity contribution is -0.135. The van der Waals surface area contributed by atoms with Gasteiger partial charge >= 0.3 is 11.9 Å². The zero-order valence-electron chi connectivity index (χ0n) is 23.1. The molecule has 0 unspecified atom stereocenters. The Kier molecular flexibility index (Phi) is 8.98. The highest BCUT2D eigenvalue weighted by molar-refractivity contribution is 5.85. The number of rotatable bonds is 9. The standard InChI is InChI=1S/C33H39NO5.ClH/c35-31(36)10-5-23-3-6-27(7-4-23)28-8-9-30(39-32(37)2-1-11-34-12-14-38-15-13-34)29(19-28)33-20-24-16-25(21-33)18-26(17-24)22-33;/h3-10,19,24-26H,1-2,11-18,20-22H2,(H,35,36);1H. The van der Waals surface area contributed by atoms with Crippen LogP contribution in [0.1, 0.15) is 62.5 Å². The van der Waals surface area contributed by atoms with Gasteiger partial charge in [0.05, 0.1) is 13.2 Å². The lowest BCUT2D eigenvalue weighted by Gasteiger charge is -2.57. The molecule has 1 heterocycles. The molecule has 2 aromatic carbocycles. The molecule has 0 spiro atoms. The molecular formula is C33H40ClNO5. The summed E-state index contributed by atoms with van der Waals surface area (Å²) in [4.78, 5) is 26.2. The number of carbonyl (C=O) groups is 2. The monoisotopic (exact) mass is 565 g/mol. The summed E-state index contributed by atoms with van der Waals surface area (Å²) in [7, 11) is 0. The first-order chi connectivity index (χ1) is 19.0. The SMILES string of the molecule is Cl.O=C(O)C=Cc1ccc(-c2ccc(OC(=O)CCCN3CCOCC3)c(C34CC5CC(CC(C5)C3)C4)c2)cc1. The molecule has 0 amide bonds. The van der Waals surface area contributed by atoms with Gasteiger partial charge in [-0.15, -0.1) is 12.4 Å². The molecule has 5 fully saturated rings. The molecule has 40 heavy (non-hydrogen) atoms. The van der Waals surface area contributed by atoms with Crippen LogP contribution in [0.3, 0.4) is 0 Å². The van der Waals surface area contributed by atoms with Crippen LogP contribution in [0.15, 0.2) is 48.5 Å². The number of morpholine rings is 1. The minimum Gasteiger partial charge on any atom is -0.478 e. The van der Waals surface area contributed by atoms with Crippen molar-refractivity contribution in [3.8, 4) is 16.9 Å². The van der Waals surface area contributed by atoms with E-state index in [0.717, 1.165) is 85.5 Å². The van der Waals surface area contributed by atoms with Gasteiger partial charge in [-0.05, 0) is 110 Å². The Morgan fingerprint density at radius 3 is 2.20 bits per heavy atom. The van der Waals surface area contributed by atoms with Crippen molar-refractivity contribution in [2.45, 2.75) is 56.8 Å². The third kappa shape index (κ3) is 6.45. The third-order valence-electron chi connectivity index (χ3n) is 9.43. The molecule has 4 saturated carbocycles. The van der Waals surface area contributed by atoms with Crippen LogP contribution >= 0.6 is 12.4 Å². The van der Waals surface area contributed by atoms with E-state index in [-0.39, 0.29) is 23.8 Å². The number of carboxylic acids is 1. The van der Waals surface area contributed by atoms with Gasteiger partial charge < -0.3 is 14.6 Å². The van der Waals surface area contributed by atoms with Gasteiger partial charge in [0.2, 0.25) is 0 Å². The van der Waals surface area contributed by atoms with E-state index in [1.165, 1.54) is 44.1 Å².